The monoisotopic (exact) mass is 456 g/mol. The number of anilines is 2. The summed E-state index contributed by atoms with van der Waals surface area (Å²) in [6.07, 6.45) is -3.99. The number of thiazole rings is 1. The van der Waals surface area contributed by atoms with Gasteiger partial charge in [-0.1, -0.05) is 12.2 Å². The summed E-state index contributed by atoms with van der Waals surface area (Å²) >= 11 is 6.69. The molecule has 0 fully saturated rings. The number of aromatic nitrogens is 2. The third kappa shape index (κ3) is 5.45. The molecule has 0 unspecified atom stereocenters. The Labute approximate surface area is 180 Å². The molecule has 7 nitrogen and oxygen atoms in total. The molecular formula is C18H19F3N6OS2. The van der Waals surface area contributed by atoms with Crippen molar-refractivity contribution < 1.29 is 18.0 Å². The average Bonchev–Trinajstić information content (AvgIpc) is 3.15. The van der Waals surface area contributed by atoms with Crippen molar-refractivity contribution in [2.75, 3.05) is 24.6 Å². The number of hydrogen-bond acceptors (Lipinski definition) is 7. The van der Waals surface area contributed by atoms with E-state index in [1.807, 2.05) is 0 Å². The smallest absolute Gasteiger partial charge is 0.384 e. The number of pyridine rings is 1. The molecule has 1 amide bonds. The molecule has 2 aromatic heterocycles. The van der Waals surface area contributed by atoms with Gasteiger partial charge in [0, 0.05) is 43.3 Å². The van der Waals surface area contributed by atoms with Crippen LogP contribution in [0.3, 0.4) is 0 Å². The summed E-state index contributed by atoms with van der Waals surface area (Å²) in [5.74, 6) is -0.738. The molecule has 1 aliphatic rings. The van der Waals surface area contributed by atoms with Gasteiger partial charge in [0.2, 0.25) is 0 Å². The molecule has 0 spiro atoms. The molecular weight excluding hydrogens is 437 g/mol. The van der Waals surface area contributed by atoms with Gasteiger partial charge in [-0.15, -0.1) is 11.3 Å². The quantitative estimate of drug-likeness (QED) is 0.575. The van der Waals surface area contributed by atoms with Crippen molar-refractivity contribution in [3.63, 3.8) is 0 Å². The molecule has 4 N–H and O–H groups in total. The lowest BCUT2D eigenvalue weighted by Gasteiger charge is -2.35. The van der Waals surface area contributed by atoms with Gasteiger partial charge >= 0.3 is 6.18 Å². The van der Waals surface area contributed by atoms with Crippen molar-refractivity contribution in [1.29, 1.82) is 0 Å². The SMILES string of the molecule is CN1C[C@@H](CC(F)(F)F)C(NCc2ccnc(N)c2)=C(C(=S)Nc2cscn2)C1=O. The summed E-state index contributed by atoms with van der Waals surface area (Å²) < 4.78 is 39.8. The Morgan fingerprint density at radius 1 is 1.43 bits per heavy atom. The van der Waals surface area contributed by atoms with Crippen LogP contribution < -0.4 is 16.4 Å². The van der Waals surface area contributed by atoms with E-state index in [-0.39, 0.29) is 35.2 Å². The third-order valence-corrected chi connectivity index (χ3v) is 5.33. The van der Waals surface area contributed by atoms with E-state index in [0.29, 0.717) is 11.4 Å². The normalized spacial score (nSPS) is 17.3. The van der Waals surface area contributed by atoms with Gasteiger partial charge in [0.15, 0.2) is 0 Å². The first-order valence-electron chi connectivity index (χ1n) is 8.84. The lowest BCUT2D eigenvalue weighted by atomic mass is 9.91. The maximum absolute atomic E-state index is 13.3. The van der Waals surface area contributed by atoms with Crippen molar-refractivity contribution in [1.82, 2.24) is 20.2 Å². The molecule has 160 valence electrons. The van der Waals surface area contributed by atoms with Crippen LogP contribution in [0, 0.1) is 5.92 Å². The number of nitrogens with one attached hydrogen (secondary N) is 2. The number of nitrogens with two attached hydrogens (primary N) is 1. The molecule has 30 heavy (non-hydrogen) atoms. The van der Waals surface area contributed by atoms with Crippen LogP contribution in [0.2, 0.25) is 0 Å². The lowest BCUT2D eigenvalue weighted by molar-refractivity contribution is -0.147. The maximum atomic E-state index is 13.3. The molecule has 12 heteroatoms. The van der Waals surface area contributed by atoms with Crippen LogP contribution in [0.5, 0.6) is 0 Å². The fourth-order valence-electron chi connectivity index (χ4n) is 3.17. The first-order chi connectivity index (χ1) is 14.1. The Bertz CT molecular complexity index is 961. The van der Waals surface area contributed by atoms with Crippen molar-refractivity contribution in [3.8, 4) is 0 Å². The minimum atomic E-state index is -4.41. The topological polar surface area (TPSA) is 96.2 Å². The summed E-state index contributed by atoms with van der Waals surface area (Å²) in [6, 6.07) is 3.29. The standard InChI is InChI=1S/C18H19F3N6OS2/c1-27-7-11(5-18(19,20)21)15(24-6-10-2-3-23-12(22)4-10)14(17(27)28)16(29)26-13-8-30-9-25-13/h2-4,8-9,11,24H,5-7H2,1H3,(H2,22,23)(H,26,29)/t11-/m1/s1. The number of amides is 1. The lowest BCUT2D eigenvalue weighted by Crippen LogP contribution is -2.46. The number of hydrogen-bond donors (Lipinski definition) is 3. The number of likely N-dealkylation sites (N-methyl/N-ethyl adjacent to an activating group) is 1. The number of nitrogens with zero attached hydrogens (tertiary/aromatic N) is 3. The molecule has 0 saturated heterocycles. The van der Waals surface area contributed by atoms with Gasteiger partial charge in [0.1, 0.15) is 16.6 Å². The first kappa shape index (κ1) is 22.0. The fourth-order valence-corrected chi connectivity index (χ4v) is 3.95. The van der Waals surface area contributed by atoms with Gasteiger partial charge in [-0.05, 0) is 17.7 Å². The molecule has 3 rings (SSSR count). The number of carbonyl (C=O) groups excluding carboxylic acids is 1. The van der Waals surface area contributed by atoms with Crippen molar-refractivity contribution in [2.45, 2.75) is 19.1 Å². The summed E-state index contributed by atoms with van der Waals surface area (Å²) in [4.78, 5) is 22.1. The van der Waals surface area contributed by atoms with Gasteiger partial charge in [-0.25, -0.2) is 9.97 Å². The molecule has 0 radical (unpaired) electrons. The molecule has 0 saturated carbocycles. The Morgan fingerprint density at radius 3 is 2.83 bits per heavy atom. The van der Waals surface area contributed by atoms with Gasteiger partial charge in [0.25, 0.3) is 5.91 Å². The molecule has 2 aromatic rings. The van der Waals surface area contributed by atoms with Gasteiger partial charge in [-0.2, -0.15) is 13.2 Å². The largest absolute Gasteiger partial charge is 0.389 e. The molecule has 1 atom stereocenters. The zero-order chi connectivity index (χ0) is 21.9. The van der Waals surface area contributed by atoms with E-state index in [1.54, 1.807) is 23.0 Å². The minimum Gasteiger partial charge on any atom is -0.384 e. The Morgan fingerprint density at radius 2 is 2.20 bits per heavy atom. The molecule has 0 bridgehead atoms. The summed E-state index contributed by atoms with van der Waals surface area (Å²) in [5, 5.41) is 7.52. The van der Waals surface area contributed by atoms with Gasteiger partial charge < -0.3 is 21.3 Å². The van der Waals surface area contributed by atoms with Crippen LogP contribution in [0.25, 0.3) is 0 Å². The highest BCUT2D eigenvalue weighted by atomic mass is 32.1. The highest BCUT2D eigenvalue weighted by molar-refractivity contribution is 7.81. The van der Waals surface area contributed by atoms with E-state index in [0.717, 1.165) is 0 Å². The highest BCUT2D eigenvalue weighted by Gasteiger charge is 2.40. The number of carbonyl (C=O) groups is 1. The minimum absolute atomic E-state index is 0.00280. The van der Waals surface area contributed by atoms with Gasteiger partial charge in [0.05, 0.1) is 17.5 Å². The molecule has 1 aliphatic heterocycles. The second-order valence-corrected chi connectivity index (χ2v) is 7.89. The number of nitrogen functional groups attached to an aromatic ring is 1. The molecule has 3 heterocycles. The predicted octanol–water partition coefficient (Wildman–Crippen LogP) is 2.94. The average molecular weight is 457 g/mol. The third-order valence-electron chi connectivity index (χ3n) is 4.44. The number of thiocarbonyl (C=S) groups is 1. The zero-order valence-corrected chi connectivity index (χ0v) is 17.5. The zero-order valence-electron chi connectivity index (χ0n) is 15.9. The van der Waals surface area contributed by atoms with E-state index >= 15 is 0 Å². The molecule has 0 aliphatic carbocycles. The van der Waals surface area contributed by atoms with E-state index in [9.17, 15) is 18.0 Å². The Hall–Kier alpha value is -2.73. The van der Waals surface area contributed by atoms with Crippen LogP contribution in [0.15, 0.2) is 40.5 Å². The second kappa shape index (κ2) is 8.96. The Balaban J connectivity index is 1.97. The van der Waals surface area contributed by atoms with Crippen molar-refractivity contribution >= 4 is 46.1 Å². The van der Waals surface area contributed by atoms with Gasteiger partial charge in [-0.3, -0.25) is 4.79 Å². The van der Waals surface area contributed by atoms with Crippen LogP contribution in [0.4, 0.5) is 24.8 Å². The number of halogens is 3. The molecule has 0 aromatic carbocycles. The van der Waals surface area contributed by atoms with E-state index in [2.05, 4.69) is 20.6 Å². The number of alkyl halides is 3. The summed E-state index contributed by atoms with van der Waals surface area (Å²) in [6.45, 7) is 0.0815. The van der Waals surface area contributed by atoms with Crippen LogP contribution in [0.1, 0.15) is 12.0 Å². The van der Waals surface area contributed by atoms with Crippen molar-refractivity contribution in [3.05, 3.63) is 46.1 Å². The van der Waals surface area contributed by atoms with Crippen LogP contribution >= 0.6 is 23.6 Å². The fraction of sp³-hybridized carbons (Fsp3) is 0.333. The van der Waals surface area contributed by atoms with E-state index in [4.69, 9.17) is 18.0 Å². The van der Waals surface area contributed by atoms with E-state index in [1.165, 1.54) is 29.5 Å². The predicted molar refractivity (Wildman–Crippen MR) is 113 cm³/mol. The highest BCUT2D eigenvalue weighted by Crippen LogP contribution is 2.33. The number of rotatable bonds is 6. The van der Waals surface area contributed by atoms with E-state index < -0.39 is 24.4 Å². The maximum Gasteiger partial charge on any atom is 0.389 e. The summed E-state index contributed by atoms with van der Waals surface area (Å²) in [7, 11) is 1.46. The Kier molecular flexibility index (Phi) is 6.56. The first-order valence-corrected chi connectivity index (χ1v) is 10.2. The van der Waals surface area contributed by atoms with Crippen LogP contribution in [-0.2, 0) is 11.3 Å². The van der Waals surface area contributed by atoms with Crippen molar-refractivity contribution in [2.24, 2.45) is 5.92 Å². The second-order valence-electron chi connectivity index (χ2n) is 6.76. The summed E-state index contributed by atoms with van der Waals surface area (Å²) in [5.41, 5.74) is 8.12. The van der Waals surface area contributed by atoms with Crippen LogP contribution in [-0.4, -0.2) is 45.5 Å².